The van der Waals surface area contributed by atoms with E-state index in [4.69, 9.17) is 0 Å². The Bertz CT molecular complexity index is 1250. The van der Waals surface area contributed by atoms with Crippen molar-refractivity contribution in [2.75, 3.05) is 5.32 Å². The van der Waals surface area contributed by atoms with Gasteiger partial charge in [0.2, 0.25) is 0 Å². The molecule has 0 atom stereocenters. The number of carboxylic acid groups (broad SMARTS) is 1. The summed E-state index contributed by atoms with van der Waals surface area (Å²) in [6, 6.07) is 18.4. The van der Waals surface area contributed by atoms with Gasteiger partial charge in [-0.3, -0.25) is 0 Å². The smallest absolute Gasteiger partial charge is 0.339 e. The molecule has 1 saturated carbocycles. The normalized spacial score (nSPS) is 13.5. The second kappa shape index (κ2) is 7.34. The third-order valence-electron chi connectivity index (χ3n) is 5.66. The molecular weight excluding hydrogens is 374 g/mol. The molecule has 1 aliphatic rings. The van der Waals surface area contributed by atoms with Crippen LogP contribution in [0.15, 0.2) is 67.0 Å². The van der Waals surface area contributed by atoms with Gasteiger partial charge in [0.15, 0.2) is 0 Å². The highest BCUT2D eigenvalue weighted by Gasteiger charge is 2.26. The van der Waals surface area contributed by atoms with Crippen molar-refractivity contribution in [3.8, 4) is 0 Å². The van der Waals surface area contributed by atoms with Crippen molar-refractivity contribution in [2.45, 2.75) is 32.2 Å². The average Bonchev–Trinajstić information content (AvgIpc) is 3.50. The van der Waals surface area contributed by atoms with E-state index in [1.54, 1.807) is 12.3 Å². The van der Waals surface area contributed by atoms with Crippen molar-refractivity contribution >= 4 is 28.4 Å². The Labute approximate surface area is 175 Å². The Morgan fingerprint density at radius 3 is 2.80 bits per heavy atom. The molecule has 2 heterocycles. The van der Waals surface area contributed by atoms with E-state index in [0.717, 1.165) is 41.5 Å². The number of hydrogen-bond acceptors (Lipinski definition) is 3. The average molecular weight is 397 g/mol. The topological polar surface area (TPSA) is 67.2 Å². The number of nitrogens with one attached hydrogen (secondary N) is 1. The molecular formula is C25H23N3O2. The molecule has 30 heavy (non-hydrogen) atoms. The lowest BCUT2D eigenvalue weighted by atomic mass is 10.1. The highest BCUT2D eigenvalue weighted by molar-refractivity contribution is 5.94. The molecule has 5 nitrogen and oxygen atoms in total. The van der Waals surface area contributed by atoms with Crippen LogP contribution in [0.1, 0.15) is 45.8 Å². The van der Waals surface area contributed by atoms with E-state index in [1.807, 2.05) is 12.1 Å². The number of aromatic carboxylic acids is 1. The van der Waals surface area contributed by atoms with Crippen molar-refractivity contribution in [3.05, 3.63) is 89.2 Å². The van der Waals surface area contributed by atoms with E-state index in [1.165, 1.54) is 11.1 Å². The molecule has 5 rings (SSSR count). The predicted molar refractivity (Wildman–Crippen MR) is 119 cm³/mol. The molecule has 0 aliphatic heterocycles. The summed E-state index contributed by atoms with van der Waals surface area (Å²) < 4.78 is 2.22. The summed E-state index contributed by atoms with van der Waals surface area (Å²) in [5.74, 6) is -0.113. The van der Waals surface area contributed by atoms with Crippen molar-refractivity contribution in [1.82, 2.24) is 9.55 Å². The minimum absolute atomic E-state index is 0.219. The van der Waals surface area contributed by atoms with Gasteiger partial charge in [-0.2, -0.15) is 0 Å². The van der Waals surface area contributed by atoms with Crippen LogP contribution in [-0.4, -0.2) is 20.6 Å². The van der Waals surface area contributed by atoms with Crippen molar-refractivity contribution in [1.29, 1.82) is 0 Å². The number of pyridine rings is 1. The lowest BCUT2D eigenvalue weighted by molar-refractivity contribution is 0.0697. The first kappa shape index (κ1) is 18.4. The maximum Gasteiger partial charge on any atom is 0.339 e. The summed E-state index contributed by atoms with van der Waals surface area (Å²) >= 11 is 0. The zero-order chi connectivity index (χ0) is 20.7. The Balaban J connectivity index is 1.42. The van der Waals surface area contributed by atoms with Crippen LogP contribution in [-0.2, 0) is 6.54 Å². The predicted octanol–water partition coefficient (Wildman–Crippen LogP) is 5.71. The van der Waals surface area contributed by atoms with Crippen LogP contribution >= 0.6 is 0 Å². The molecule has 1 aliphatic carbocycles. The summed E-state index contributed by atoms with van der Waals surface area (Å²) in [5, 5.41) is 13.9. The summed E-state index contributed by atoms with van der Waals surface area (Å²) in [5.41, 5.74) is 5.71. The number of nitrogens with zero attached hydrogens (tertiary/aromatic N) is 2. The summed E-state index contributed by atoms with van der Waals surface area (Å²) in [6.45, 7) is 2.91. The molecule has 0 unspecified atom stereocenters. The lowest BCUT2D eigenvalue weighted by Crippen LogP contribution is -2.06. The van der Waals surface area contributed by atoms with Gasteiger partial charge in [0.05, 0.1) is 0 Å². The first-order valence-electron chi connectivity index (χ1n) is 10.2. The first-order valence-corrected chi connectivity index (χ1v) is 10.2. The first-order chi connectivity index (χ1) is 14.6. The second-order valence-corrected chi connectivity index (χ2v) is 8.08. The number of aromatic nitrogens is 2. The molecule has 0 radical (unpaired) electrons. The van der Waals surface area contributed by atoms with Crippen LogP contribution in [0.25, 0.3) is 10.9 Å². The number of carbonyl (C=O) groups is 1. The lowest BCUT2D eigenvalue weighted by Gasteiger charge is -2.11. The minimum atomic E-state index is -0.960. The quantitative estimate of drug-likeness (QED) is 0.437. The summed E-state index contributed by atoms with van der Waals surface area (Å²) in [7, 11) is 0. The molecule has 1 fully saturated rings. The minimum Gasteiger partial charge on any atom is -0.478 e. The molecule has 0 amide bonds. The fourth-order valence-corrected chi connectivity index (χ4v) is 3.94. The third-order valence-corrected chi connectivity index (χ3v) is 5.66. The van der Waals surface area contributed by atoms with Crippen molar-refractivity contribution in [3.63, 3.8) is 0 Å². The number of fused-ring (bicyclic) bond motifs is 1. The van der Waals surface area contributed by atoms with Gasteiger partial charge in [0.1, 0.15) is 11.4 Å². The van der Waals surface area contributed by atoms with Crippen LogP contribution in [0.4, 0.5) is 11.5 Å². The van der Waals surface area contributed by atoms with Crippen LogP contribution in [0, 0.1) is 6.92 Å². The third kappa shape index (κ3) is 3.66. The maximum absolute atomic E-state index is 11.7. The maximum atomic E-state index is 11.7. The molecule has 0 bridgehead atoms. The van der Waals surface area contributed by atoms with Crippen LogP contribution < -0.4 is 5.32 Å². The zero-order valence-electron chi connectivity index (χ0n) is 16.8. The van der Waals surface area contributed by atoms with E-state index in [0.29, 0.717) is 11.7 Å². The van der Waals surface area contributed by atoms with Gasteiger partial charge in [-0.05, 0) is 67.1 Å². The zero-order valence-corrected chi connectivity index (χ0v) is 16.8. The van der Waals surface area contributed by atoms with E-state index in [2.05, 4.69) is 64.4 Å². The van der Waals surface area contributed by atoms with E-state index < -0.39 is 5.97 Å². The molecule has 2 aromatic carbocycles. The molecule has 4 aromatic rings. The summed E-state index contributed by atoms with van der Waals surface area (Å²) in [4.78, 5) is 16.1. The molecule has 2 aromatic heterocycles. The number of benzene rings is 2. The molecule has 2 N–H and O–H groups in total. The number of hydrogen-bond donors (Lipinski definition) is 2. The standard InChI is InChI=1S/C25H23N3O2/c1-16-3-2-4-17(11-16)15-28-10-9-19-12-21(7-8-23(19)28)27-24-22(25(29)30)13-20(14-26-24)18-5-6-18/h2-4,7-14,18H,5-6,15H2,1H3,(H,26,27)(H,29,30). The fourth-order valence-electron chi connectivity index (χ4n) is 3.94. The van der Waals surface area contributed by atoms with E-state index in [9.17, 15) is 9.90 Å². The molecule has 5 heteroatoms. The van der Waals surface area contributed by atoms with Gasteiger partial charge in [-0.25, -0.2) is 9.78 Å². The Morgan fingerprint density at radius 2 is 2.03 bits per heavy atom. The monoisotopic (exact) mass is 397 g/mol. The van der Waals surface area contributed by atoms with Gasteiger partial charge in [0, 0.05) is 35.5 Å². The molecule has 150 valence electrons. The number of anilines is 2. The number of carboxylic acids is 1. The van der Waals surface area contributed by atoms with Crippen LogP contribution in [0.2, 0.25) is 0 Å². The highest BCUT2D eigenvalue weighted by Crippen LogP contribution is 2.40. The van der Waals surface area contributed by atoms with Gasteiger partial charge in [-0.15, -0.1) is 0 Å². The van der Waals surface area contributed by atoms with Gasteiger partial charge >= 0.3 is 5.97 Å². The van der Waals surface area contributed by atoms with Crippen molar-refractivity contribution < 1.29 is 9.90 Å². The van der Waals surface area contributed by atoms with Gasteiger partial charge < -0.3 is 15.0 Å². The van der Waals surface area contributed by atoms with Crippen molar-refractivity contribution in [2.24, 2.45) is 0 Å². The SMILES string of the molecule is Cc1cccc(Cn2ccc3cc(Nc4ncc(C5CC5)cc4C(=O)O)ccc32)c1. The fraction of sp³-hybridized carbons (Fsp3) is 0.200. The van der Waals surface area contributed by atoms with Crippen LogP contribution in [0.3, 0.4) is 0 Å². The Kier molecular flexibility index (Phi) is 4.51. The second-order valence-electron chi connectivity index (χ2n) is 8.08. The highest BCUT2D eigenvalue weighted by atomic mass is 16.4. The largest absolute Gasteiger partial charge is 0.478 e. The van der Waals surface area contributed by atoms with Crippen LogP contribution in [0.5, 0.6) is 0 Å². The van der Waals surface area contributed by atoms with E-state index >= 15 is 0 Å². The number of rotatable bonds is 6. The Hall–Kier alpha value is -3.60. The molecule has 0 spiro atoms. The molecule has 0 saturated heterocycles. The summed E-state index contributed by atoms with van der Waals surface area (Å²) in [6.07, 6.45) is 6.11. The number of aryl methyl sites for hydroxylation is 1. The van der Waals surface area contributed by atoms with Gasteiger partial charge in [0.25, 0.3) is 0 Å². The van der Waals surface area contributed by atoms with Gasteiger partial charge in [-0.1, -0.05) is 29.8 Å². The Morgan fingerprint density at radius 1 is 1.17 bits per heavy atom. The van der Waals surface area contributed by atoms with E-state index in [-0.39, 0.29) is 5.56 Å².